The molecule has 0 aliphatic carbocycles. The van der Waals surface area contributed by atoms with Crippen molar-refractivity contribution in [1.82, 2.24) is 4.72 Å². The van der Waals surface area contributed by atoms with Crippen molar-refractivity contribution in [3.8, 4) is 17.6 Å². The molecule has 8 heteroatoms. The van der Waals surface area contributed by atoms with Gasteiger partial charge in [-0.25, -0.2) is 8.42 Å². The lowest BCUT2D eigenvalue weighted by Crippen LogP contribution is -2.24. The zero-order valence-electron chi connectivity index (χ0n) is 12.7. The summed E-state index contributed by atoms with van der Waals surface area (Å²) in [6.07, 6.45) is 0. The number of benzene rings is 2. The summed E-state index contributed by atoms with van der Waals surface area (Å²) in [6, 6.07) is 12.2. The molecule has 0 aliphatic rings. The molecule has 1 N–H and O–H groups in total. The van der Waals surface area contributed by atoms with Gasteiger partial charge in [0.15, 0.2) is 4.90 Å². The Bertz CT molecular complexity index is 913. The number of hydrogen-bond donors (Lipinski definition) is 1. The number of nitrogens with zero attached hydrogens (tertiary/aromatic N) is 1. The molecular weight excluding hydrogens is 332 g/mol. The summed E-state index contributed by atoms with van der Waals surface area (Å²) in [5.74, 6) is 6.03. The fourth-order valence-corrected chi connectivity index (χ4v) is 3.02. The zero-order valence-corrected chi connectivity index (χ0v) is 13.5. The van der Waals surface area contributed by atoms with Crippen molar-refractivity contribution in [2.45, 2.75) is 4.90 Å². The topological polar surface area (TPSA) is 98.5 Å². The third kappa shape index (κ3) is 4.10. The predicted octanol–water partition coefficient (Wildman–Crippen LogP) is 1.93. The Morgan fingerprint density at radius 1 is 1.17 bits per heavy atom. The Morgan fingerprint density at radius 2 is 1.83 bits per heavy atom. The summed E-state index contributed by atoms with van der Waals surface area (Å²) in [5, 5.41) is 10.9. The predicted molar refractivity (Wildman–Crippen MR) is 88.2 cm³/mol. The minimum Gasteiger partial charge on any atom is -0.495 e. The van der Waals surface area contributed by atoms with Gasteiger partial charge in [-0.2, -0.15) is 4.72 Å². The van der Waals surface area contributed by atoms with Gasteiger partial charge in [0.05, 0.1) is 24.1 Å². The van der Waals surface area contributed by atoms with E-state index in [1.54, 1.807) is 24.3 Å². The summed E-state index contributed by atoms with van der Waals surface area (Å²) < 4.78 is 31.7. The van der Waals surface area contributed by atoms with E-state index in [1.807, 2.05) is 0 Å². The Morgan fingerprint density at radius 3 is 2.54 bits per heavy atom. The minimum absolute atomic E-state index is 0.188. The molecule has 2 aromatic carbocycles. The van der Waals surface area contributed by atoms with E-state index in [2.05, 4.69) is 16.6 Å². The Labute approximate surface area is 139 Å². The van der Waals surface area contributed by atoms with E-state index in [-0.39, 0.29) is 6.54 Å². The number of sulfonamides is 1. The molecule has 0 heterocycles. The molecule has 0 spiro atoms. The quantitative estimate of drug-likeness (QED) is 0.507. The smallest absolute Gasteiger partial charge is 0.289 e. The molecular formula is C16H14N2O5S. The number of para-hydroxylation sites is 2. The van der Waals surface area contributed by atoms with E-state index in [4.69, 9.17) is 4.74 Å². The number of nitrogens with one attached hydrogen (secondary N) is 1. The van der Waals surface area contributed by atoms with Gasteiger partial charge in [0, 0.05) is 6.07 Å². The van der Waals surface area contributed by atoms with Crippen LogP contribution in [-0.4, -0.2) is 27.0 Å². The van der Waals surface area contributed by atoms with Crippen LogP contribution in [0.3, 0.4) is 0 Å². The zero-order chi connectivity index (χ0) is 17.6. The average molecular weight is 346 g/mol. The van der Waals surface area contributed by atoms with Gasteiger partial charge in [-0.05, 0) is 18.2 Å². The van der Waals surface area contributed by atoms with E-state index >= 15 is 0 Å². The molecule has 0 fully saturated rings. The lowest BCUT2D eigenvalue weighted by molar-refractivity contribution is -0.387. The van der Waals surface area contributed by atoms with Crippen LogP contribution in [0.1, 0.15) is 5.56 Å². The van der Waals surface area contributed by atoms with Crippen molar-refractivity contribution in [1.29, 1.82) is 0 Å². The summed E-state index contributed by atoms with van der Waals surface area (Å²) in [6.45, 7) is -0.188. The van der Waals surface area contributed by atoms with E-state index < -0.39 is 25.5 Å². The van der Waals surface area contributed by atoms with Crippen LogP contribution < -0.4 is 9.46 Å². The van der Waals surface area contributed by atoms with Crippen molar-refractivity contribution < 1.29 is 18.1 Å². The van der Waals surface area contributed by atoms with E-state index in [1.165, 1.54) is 25.3 Å². The maximum atomic E-state index is 12.2. The van der Waals surface area contributed by atoms with Gasteiger partial charge in [-0.1, -0.05) is 36.1 Å². The van der Waals surface area contributed by atoms with Crippen LogP contribution in [0.4, 0.5) is 5.69 Å². The van der Waals surface area contributed by atoms with Crippen molar-refractivity contribution in [2.24, 2.45) is 0 Å². The second-order valence-electron chi connectivity index (χ2n) is 4.55. The Kier molecular flexibility index (Phi) is 5.52. The molecule has 0 saturated heterocycles. The fourth-order valence-electron chi connectivity index (χ4n) is 1.93. The molecule has 0 aromatic heterocycles. The molecule has 24 heavy (non-hydrogen) atoms. The largest absolute Gasteiger partial charge is 0.495 e. The molecule has 2 rings (SSSR count). The summed E-state index contributed by atoms with van der Waals surface area (Å²) in [4.78, 5) is 9.79. The van der Waals surface area contributed by atoms with Crippen LogP contribution >= 0.6 is 0 Å². The monoisotopic (exact) mass is 346 g/mol. The number of rotatable bonds is 5. The van der Waals surface area contributed by atoms with Crippen LogP contribution in [0, 0.1) is 22.0 Å². The first-order valence-electron chi connectivity index (χ1n) is 6.80. The van der Waals surface area contributed by atoms with Gasteiger partial charge in [-0.3, -0.25) is 10.1 Å². The van der Waals surface area contributed by atoms with Gasteiger partial charge in [0.2, 0.25) is 10.0 Å². The first kappa shape index (κ1) is 17.5. The van der Waals surface area contributed by atoms with Gasteiger partial charge in [0.1, 0.15) is 5.75 Å². The standard InChI is InChI=1S/C16H14N2O5S/c1-23-15-10-4-2-7-13(15)8-6-12-17-24(21,22)16-11-5-3-9-14(16)18(19)20/h2-5,7,9-11,17H,12H2,1H3. The summed E-state index contributed by atoms with van der Waals surface area (Å²) in [5.41, 5.74) is 0.132. The van der Waals surface area contributed by atoms with Crippen LogP contribution in [0.15, 0.2) is 53.4 Å². The molecule has 0 amide bonds. The SMILES string of the molecule is COc1ccccc1C#CCNS(=O)(=O)c1ccccc1[N+](=O)[O-]. The lowest BCUT2D eigenvalue weighted by Gasteiger charge is -2.04. The number of nitro benzene ring substituents is 1. The van der Waals surface area contributed by atoms with Crippen LogP contribution in [0.2, 0.25) is 0 Å². The van der Waals surface area contributed by atoms with E-state index in [9.17, 15) is 18.5 Å². The molecule has 7 nitrogen and oxygen atoms in total. The van der Waals surface area contributed by atoms with Crippen molar-refractivity contribution in [3.63, 3.8) is 0 Å². The number of methoxy groups -OCH3 is 1. The second-order valence-corrected chi connectivity index (χ2v) is 6.29. The molecule has 2 aromatic rings. The number of hydrogen-bond acceptors (Lipinski definition) is 5. The van der Waals surface area contributed by atoms with Crippen LogP contribution in [0.5, 0.6) is 5.75 Å². The van der Waals surface area contributed by atoms with E-state index in [0.717, 1.165) is 6.07 Å². The molecule has 0 aliphatic heterocycles. The van der Waals surface area contributed by atoms with Crippen LogP contribution in [0.25, 0.3) is 0 Å². The first-order valence-corrected chi connectivity index (χ1v) is 8.29. The van der Waals surface area contributed by atoms with Gasteiger partial charge < -0.3 is 4.74 Å². The molecule has 124 valence electrons. The molecule has 0 bridgehead atoms. The molecule has 0 saturated carbocycles. The van der Waals surface area contributed by atoms with Crippen molar-refractivity contribution >= 4 is 15.7 Å². The molecule has 0 atom stereocenters. The van der Waals surface area contributed by atoms with Gasteiger partial charge >= 0.3 is 0 Å². The average Bonchev–Trinajstić information content (AvgIpc) is 2.59. The van der Waals surface area contributed by atoms with Crippen LogP contribution in [-0.2, 0) is 10.0 Å². The highest BCUT2D eigenvalue weighted by atomic mass is 32.2. The fraction of sp³-hybridized carbons (Fsp3) is 0.125. The number of ether oxygens (including phenoxy) is 1. The molecule has 0 radical (unpaired) electrons. The summed E-state index contributed by atoms with van der Waals surface area (Å²) >= 11 is 0. The maximum Gasteiger partial charge on any atom is 0.289 e. The Hall–Kier alpha value is -2.89. The number of nitro groups is 1. The highest BCUT2D eigenvalue weighted by Crippen LogP contribution is 2.22. The minimum atomic E-state index is -4.03. The van der Waals surface area contributed by atoms with Gasteiger partial charge in [-0.15, -0.1) is 0 Å². The Balaban J connectivity index is 2.15. The third-order valence-electron chi connectivity index (χ3n) is 3.03. The summed E-state index contributed by atoms with van der Waals surface area (Å²) in [7, 11) is -2.52. The normalized spacial score (nSPS) is 10.5. The second kappa shape index (κ2) is 7.59. The van der Waals surface area contributed by atoms with E-state index in [0.29, 0.717) is 11.3 Å². The lowest BCUT2D eigenvalue weighted by atomic mass is 10.2. The van der Waals surface area contributed by atoms with Crippen molar-refractivity contribution in [2.75, 3.05) is 13.7 Å². The third-order valence-corrected chi connectivity index (χ3v) is 4.48. The highest BCUT2D eigenvalue weighted by molar-refractivity contribution is 7.89. The first-order chi connectivity index (χ1) is 11.5. The maximum absolute atomic E-state index is 12.2. The van der Waals surface area contributed by atoms with Gasteiger partial charge in [0.25, 0.3) is 5.69 Å². The highest BCUT2D eigenvalue weighted by Gasteiger charge is 2.24. The molecule has 0 unspecified atom stereocenters. The van der Waals surface area contributed by atoms with Crippen molar-refractivity contribution in [3.05, 3.63) is 64.2 Å².